The Hall–Kier alpha value is -1.26. The molecule has 5 heteroatoms. The summed E-state index contributed by atoms with van der Waals surface area (Å²) in [5, 5.41) is 3.04. The smallest absolute Gasteiger partial charge is 0.224 e. The van der Waals surface area contributed by atoms with Crippen LogP contribution in [-0.2, 0) is 11.2 Å². The van der Waals surface area contributed by atoms with Crippen molar-refractivity contribution in [2.24, 2.45) is 0 Å². The van der Waals surface area contributed by atoms with E-state index in [1.165, 1.54) is 5.56 Å². The van der Waals surface area contributed by atoms with Crippen molar-refractivity contribution < 1.29 is 9.53 Å². The monoisotopic (exact) mass is 312 g/mol. The second kappa shape index (κ2) is 8.90. The van der Waals surface area contributed by atoms with Crippen LogP contribution in [0.2, 0.25) is 0 Å². The van der Waals surface area contributed by atoms with Gasteiger partial charge in [0.25, 0.3) is 0 Å². The molecule has 21 heavy (non-hydrogen) atoms. The fourth-order valence-corrected chi connectivity index (χ4v) is 2.88. The first-order valence-corrected chi connectivity index (χ1v) is 7.32. The summed E-state index contributed by atoms with van der Waals surface area (Å²) < 4.78 is 5.40. The van der Waals surface area contributed by atoms with Gasteiger partial charge in [-0.05, 0) is 37.9 Å². The number of ether oxygens (including phenoxy) is 1. The van der Waals surface area contributed by atoms with E-state index in [9.17, 15) is 4.79 Å². The predicted molar refractivity (Wildman–Crippen MR) is 87.2 cm³/mol. The lowest BCUT2D eigenvalue weighted by Crippen LogP contribution is -2.38. The van der Waals surface area contributed by atoms with E-state index in [0.717, 1.165) is 38.1 Å². The summed E-state index contributed by atoms with van der Waals surface area (Å²) in [7, 11) is 3.58. The fraction of sp³-hybridized carbons (Fsp3) is 0.562. The number of halogens is 1. The lowest BCUT2D eigenvalue weighted by atomic mass is 10.0. The minimum absolute atomic E-state index is 0. The van der Waals surface area contributed by atoms with Crippen LogP contribution in [0.5, 0.6) is 5.75 Å². The lowest BCUT2D eigenvalue weighted by molar-refractivity contribution is -0.131. The third kappa shape index (κ3) is 4.61. The Morgan fingerprint density at radius 1 is 1.43 bits per heavy atom. The molecule has 1 saturated heterocycles. The zero-order valence-electron chi connectivity index (χ0n) is 12.8. The van der Waals surface area contributed by atoms with E-state index >= 15 is 0 Å². The van der Waals surface area contributed by atoms with E-state index in [4.69, 9.17) is 4.74 Å². The quantitative estimate of drug-likeness (QED) is 0.876. The van der Waals surface area contributed by atoms with Gasteiger partial charge in [0.15, 0.2) is 0 Å². The van der Waals surface area contributed by atoms with E-state index < -0.39 is 0 Å². The van der Waals surface area contributed by atoms with E-state index in [-0.39, 0.29) is 18.3 Å². The summed E-state index contributed by atoms with van der Waals surface area (Å²) in [5.41, 5.74) is 1.19. The van der Waals surface area contributed by atoms with Crippen molar-refractivity contribution >= 4 is 18.3 Å². The minimum Gasteiger partial charge on any atom is -0.496 e. The molecule has 1 aromatic rings. The van der Waals surface area contributed by atoms with Crippen LogP contribution in [0.15, 0.2) is 24.3 Å². The molecule has 1 unspecified atom stereocenters. The summed E-state index contributed by atoms with van der Waals surface area (Å²) in [5.74, 6) is 1.18. The Morgan fingerprint density at radius 2 is 2.19 bits per heavy atom. The number of methoxy groups -OCH3 is 1. The highest BCUT2D eigenvalue weighted by molar-refractivity contribution is 5.85. The first-order valence-electron chi connectivity index (χ1n) is 7.32. The molecule has 0 spiro atoms. The maximum Gasteiger partial charge on any atom is 0.224 e. The molecule has 1 atom stereocenters. The summed E-state index contributed by atoms with van der Waals surface area (Å²) >= 11 is 0. The summed E-state index contributed by atoms with van der Waals surface area (Å²) in [6, 6.07) is 8.40. The third-order valence-electron chi connectivity index (χ3n) is 3.93. The molecule has 1 aromatic carbocycles. The number of hydrogen-bond acceptors (Lipinski definition) is 3. The fourth-order valence-electron chi connectivity index (χ4n) is 2.88. The van der Waals surface area contributed by atoms with Gasteiger partial charge in [-0.1, -0.05) is 18.2 Å². The van der Waals surface area contributed by atoms with E-state index in [1.54, 1.807) is 7.11 Å². The number of carbonyl (C=O) groups is 1. The standard InChI is InChI=1S/C16H24N2O2.ClH/c1-17-10-9-16(19)18-11-5-7-14(18)12-13-6-3-4-8-15(13)20-2;/h3-4,6,8,14,17H,5,7,9-12H2,1-2H3;1H. The molecule has 1 fully saturated rings. The van der Waals surface area contributed by atoms with Crippen molar-refractivity contribution in [3.63, 3.8) is 0 Å². The number of hydrogen-bond donors (Lipinski definition) is 1. The average molecular weight is 313 g/mol. The van der Waals surface area contributed by atoms with Crippen LogP contribution in [0.25, 0.3) is 0 Å². The maximum absolute atomic E-state index is 12.2. The van der Waals surface area contributed by atoms with E-state index in [2.05, 4.69) is 11.4 Å². The summed E-state index contributed by atoms with van der Waals surface area (Å²) in [6.07, 6.45) is 3.66. The average Bonchev–Trinajstić information content (AvgIpc) is 2.93. The highest BCUT2D eigenvalue weighted by Crippen LogP contribution is 2.26. The Kier molecular flexibility index (Phi) is 7.54. The van der Waals surface area contributed by atoms with Crippen LogP contribution in [0.1, 0.15) is 24.8 Å². The highest BCUT2D eigenvalue weighted by Gasteiger charge is 2.28. The van der Waals surface area contributed by atoms with Gasteiger partial charge in [0.05, 0.1) is 7.11 Å². The maximum atomic E-state index is 12.2. The molecule has 0 radical (unpaired) electrons. The van der Waals surface area contributed by atoms with Gasteiger partial charge in [-0.15, -0.1) is 12.4 Å². The molecule has 1 aliphatic heterocycles. The Bertz CT molecular complexity index is 454. The molecule has 1 N–H and O–H groups in total. The van der Waals surface area contributed by atoms with Gasteiger partial charge in [-0.25, -0.2) is 0 Å². The molecule has 0 saturated carbocycles. The van der Waals surface area contributed by atoms with E-state index in [1.807, 2.05) is 30.1 Å². The van der Waals surface area contributed by atoms with Crippen molar-refractivity contribution in [1.29, 1.82) is 0 Å². The third-order valence-corrected chi connectivity index (χ3v) is 3.93. The van der Waals surface area contributed by atoms with Crippen LogP contribution in [-0.4, -0.2) is 44.1 Å². The number of likely N-dealkylation sites (tertiary alicyclic amines) is 1. The molecule has 2 rings (SSSR count). The predicted octanol–water partition coefficient (Wildman–Crippen LogP) is 2.26. The summed E-state index contributed by atoms with van der Waals surface area (Å²) in [4.78, 5) is 14.3. The molecule has 1 heterocycles. The Morgan fingerprint density at radius 3 is 2.90 bits per heavy atom. The first kappa shape index (κ1) is 17.8. The molecule has 0 aliphatic carbocycles. The SMILES string of the molecule is CNCCC(=O)N1CCCC1Cc1ccccc1OC.Cl. The molecular formula is C16H25ClN2O2. The van der Waals surface area contributed by atoms with Crippen LogP contribution in [0, 0.1) is 0 Å². The first-order chi connectivity index (χ1) is 9.76. The zero-order chi connectivity index (χ0) is 14.4. The van der Waals surface area contributed by atoms with Crippen LogP contribution in [0.4, 0.5) is 0 Å². The number of nitrogens with zero attached hydrogens (tertiary/aromatic N) is 1. The second-order valence-electron chi connectivity index (χ2n) is 5.25. The van der Waals surface area contributed by atoms with Gasteiger partial charge in [0, 0.05) is 25.6 Å². The molecule has 4 nitrogen and oxygen atoms in total. The zero-order valence-corrected chi connectivity index (χ0v) is 13.6. The number of carbonyl (C=O) groups excluding carboxylic acids is 1. The van der Waals surface area contributed by atoms with Crippen molar-refractivity contribution in [3.05, 3.63) is 29.8 Å². The van der Waals surface area contributed by atoms with Crippen molar-refractivity contribution in [2.75, 3.05) is 27.2 Å². The normalized spacial score (nSPS) is 17.4. The van der Waals surface area contributed by atoms with Gasteiger partial charge in [0.1, 0.15) is 5.75 Å². The topological polar surface area (TPSA) is 41.6 Å². The van der Waals surface area contributed by atoms with Crippen molar-refractivity contribution in [1.82, 2.24) is 10.2 Å². The number of para-hydroxylation sites is 1. The van der Waals surface area contributed by atoms with Gasteiger partial charge >= 0.3 is 0 Å². The lowest BCUT2D eigenvalue weighted by Gasteiger charge is -2.25. The summed E-state index contributed by atoms with van der Waals surface area (Å²) in [6.45, 7) is 1.64. The van der Waals surface area contributed by atoms with Crippen LogP contribution >= 0.6 is 12.4 Å². The van der Waals surface area contributed by atoms with Gasteiger partial charge in [0.2, 0.25) is 5.91 Å². The van der Waals surface area contributed by atoms with Crippen LogP contribution in [0.3, 0.4) is 0 Å². The Balaban J connectivity index is 0.00000220. The largest absolute Gasteiger partial charge is 0.496 e. The molecule has 0 aromatic heterocycles. The van der Waals surface area contributed by atoms with E-state index in [0.29, 0.717) is 12.5 Å². The van der Waals surface area contributed by atoms with Gasteiger partial charge in [-0.2, -0.15) is 0 Å². The molecule has 0 bridgehead atoms. The number of rotatable bonds is 6. The molecular weight excluding hydrogens is 288 g/mol. The number of amides is 1. The number of nitrogens with one attached hydrogen (secondary N) is 1. The van der Waals surface area contributed by atoms with Crippen LogP contribution < -0.4 is 10.1 Å². The Labute approximate surface area is 133 Å². The number of benzene rings is 1. The van der Waals surface area contributed by atoms with Crippen molar-refractivity contribution in [2.45, 2.75) is 31.7 Å². The molecule has 1 amide bonds. The van der Waals surface area contributed by atoms with Gasteiger partial charge < -0.3 is 15.0 Å². The molecule has 1 aliphatic rings. The van der Waals surface area contributed by atoms with Crippen molar-refractivity contribution in [3.8, 4) is 5.75 Å². The second-order valence-corrected chi connectivity index (χ2v) is 5.25. The molecule has 118 valence electrons. The van der Waals surface area contributed by atoms with Gasteiger partial charge in [-0.3, -0.25) is 4.79 Å². The highest BCUT2D eigenvalue weighted by atomic mass is 35.5. The minimum atomic E-state index is 0.